The Kier molecular flexibility index (Phi) is 3.73. The molecule has 18 heavy (non-hydrogen) atoms. The number of azide groups is 1. The molecule has 0 fully saturated rings. The summed E-state index contributed by atoms with van der Waals surface area (Å²) >= 11 is 5.77. The number of tetrazole rings is 1. The second kappa shape index (κ2) is 5.46. The van der Waals surface area contributed by atoms with Crippen LogP contribution in [0.4, 0.5) is 0 Å². The lowest BCUT2D eigenvalue weighted by Crippen LogP contribution is -2.10. The van der Waals surface area contributed by atoms with Gasteiger partial charge in [-0.1, -0.05) is 28.8 Å². The monoisotopic (exact) mass is 265 g/mol. The number of rotatable bonds is 4. The van der Waals surface area contributed by atoms with Gasteiger partial charge in [0.25, 0.3) is 0 Å². The fourth-order valence-corrected chi connectivity index (χ4v) is 1.60. The minimum Gasteiger partial charge on any atom is -0.384 e. The highest BCUT2D eigenvalue weighted by atomic mass is 35.5. The van der Waals surface area contributed by atoms with E-state index in [1.807, 2.05) is 0 Å². The Labute approximate surface area is 106 Å². The summed E-state index contributed by atoms with van der Waals surface area (Å²) in [4.78, 5) is 2.72. The summed E-state index contributed by atoms with van der Waals surface area (Å²) < 4.78 is 0. The molecule has 0 saturated heterocycles. The summed E-state index contributed by atoms with van der Waals surface area (Å²) in [6, 6.07) is 5.77. The Morgan fingerprint density at radius 3 is 2.67 bits per heavy atom. The number of aliphatic hydroxyl groups is 1. The second-order valence-electron chi connectivity index (χ2n) is 3.43. The zero-order valence-electron chi connectivity index (χ0n) is 8.97. The van der Waals surface area contributed by atoms with Crippen LogP contribution in [-0.2, 0) is 0 Å². The van der Waals surface area contributed by atoms with Crippen molar-refractivity contribution in [3.05, 3.63) is 51.1 Å². The highest BCUT2D eigenvalue weighted by molar-refractivity contribution is 6.30. The van der Waals surface area contributed by atoms with Crippen LogP contribution in [0.2, 0.25) is 5.02 Å². The van der Waals surface area contributed by atoms with Gasteiger partial charge in [-0.2, -0.15) is 0 Å². The van der Waals surface area contributed by atoms with Gasteiger partial charge < -0.3 is 5.11 Å². The van der Waals surface area contributed by atoms with Crippen LogP contribution in [0.3, 0.4) is 0 Å². The number of aliphatic hydroxyl groups excluding tert-OH is 1. The van der Waals surface area contributed by atoms with Gasteiger partial charge in [0, 0.05) is 9.93 Å². The number of hydrogen-bond acceptors (Lipinski definition) is 5. The van der Waals surface area contributed by atoms with E-state index in [-0.39, 0.29) is 5.82 Å². The Balaban J connectivity index is 2.34. The van der Waals surface area contributed by atoms with E-state index in [2.05, 4.69) is 30.7 Å². The molecule has 1 aromatic carbocycles. The predicted octanol–water partition coefficient (Wildman–Crippen LogP) is 1.94. The number of nitrogens with zero attached hydrogens (tertiary/aromatic N) is 6. The van der Waals surface area contributed by atoms with Crippen molar-refractivity contribution in [1.82, 2.24) is 20.6 Å². The third-order valence-corrected chi connectivity index (χ3v) is 2.58. The van der Waals surface area contributed by atoms with Crippen molar-refractivity contribution in [1.29, 1.82) is 0 Å². The maximum Gasteiger partial charge on any atom is 0.178 e. The first kappa shape index (κ1) is 12.3. The number of aromatic nitrogens is 4. The summed E-state index contributed by atoms with van der Waals surface area (Å²) in [7, 11) is 0. The van der Waals surface area contributed by atoms with Gasteiger partial charge in [-0.25, -0.2) is 5.10 Å². The van der Waals surface area contributed by atoms with E-state index in [9.17, 15) is 5.11 Å². The molecule has 0 aliphatic heterocycles. The molecule has 92 valence electrons. The predicted molar refractivity (Wildman–Crippen MR) is 62.5 cm³/mol. The van der Waals surface area contributed by atoms with Gasteiger partial charge in [-0.3, -0.25) is 0 Å². The van der Waals surface area contributed by atoms with E-state index in [0.29, 0.717) is 10.6 Å². The van der Waals surface area contributed by atoms with Crippen LogP contribution in [0.25, 0.3) is 10.4 Å². The van der Waals surface area contributed by atoms with E-state index in [4.69, 9.17) is 17.1 Å². The molecule has 2 rings (SSSR count). The molecule has 0 amide bonds. The van der Waals surface area contributed by atoms with E-state index >= 15 is 0 Å². The SMILES string of the molecule is [N-]=[N+]=NC(c1ccc(Cl)cc1)C(O)c1nnn[nH]1. The number of benzene rings is 1. The Morgan fingerprint density at radius 2 is 2.11 bits per heavy atom. The molecule has 8 nitrogen and oxygen atoms in total. The molecule has 2 unspecified atom stereocenters. The van der Waals surface area contributed by atoms with E-state index in [0.717, 1.165) is 0 Å². The van der Waals surface area contributed by atoms with Crippen molar-refractivity contribution in [2.75, 3.05) is 0 Å². The van der Waals surface area contributed by atoms with Crippen LogP contribution in [-0.4, -0.2) is 25.7 Å². The molecular weight excluding hydrogens is 258 g/mol. The Bertz CT molecular complexity index is 549. The van der Waals surface area contributed by atoms with Crippen LogP contribution in [0.15, 0.2) is 29.4 Å². The number of H-pyrrole nitrogens is 1. The van der Waals surface area contributed by atoms with Crippen molar-refractivity contribution in [3.63, 3.8) is 0 Å². The van der Waals surface area contributed by atoms with Gasteiger partial charge in [-0.15, -0.1) is 5.10 Å². The average molecular weight is 266 g/mol. The minimum atomic E-state index is -1.16. The van der Waals surface area contributed by atoms with Crippen LogP contribution in [0, 0.1) is 0 Å². The lowest BCUT2D eigenvalue weighted by Gasteiger charge is -2.15. The lowest BCUT2D eigenvalue weighted by atomic mass is 10.0. The standard InChI is InChI=1S/C9H8ClN7O/c10-6-3-1-5(2-4-6)7(12-15-11)8(18)9-13-16-17-14-9/h1-4,7-8,18H,(H,13,14,16,17). The van der Waals surface area contributed by atoms with Crippen LogP contribution in [0.5, 0.6) is 0 Å². The van der Waals surface area contributed by atoms with Gasteiger partial charge in [0.2, 0.25) is 0 Å². The van der Waals surface area contributed by atoms with Crippen molar-refractivity contribution in [3.8, 4) is 0 Å². The maximum atomic E-state index is 10.1. The minimum absolute atomic E-state index is 0.127. The van der Waals surface area contributed by atoms with Crippen LogP contribution in [0.1, 0.15) is 23.5 Å². The van der Waals surface area contributed by atoms with Gasteiger partial charge in [0.15, 0.2) is 5.82 Å². The average Bonchev–Trinajstić information content (AvgIpc) is 2.90. The topological polar surface area (TPSA) is 123 Å². The van der Waals surface area contributed by atoms with Crippen molar-refractivity contribution < 1.29 is 5.11 Å². The van der Waals surface area contributed by atoms with Gasteiger partial charge in [-0.05, 0) is 33.7 Å². The molecule has 0 aliphatic rings. The Morgan fingerprint density at radius 1 is 1.39 bits per heavy atom. The van der Waals surface area contributed by atoms with Crippen molar-refractivity contribution in [2.45, 2.75) is 12.1 Å². The van der Waals surface area contributed by atoms with Crippen molar-refractivity contribution >= 4 is 11.6 Å². The molecule has 0 bridgehead atoms. The zero-order valence-corrected chi connectivity index (χ0v) is 9.73. The molecule has 2 atom stereocenters. The smallest absolute Gasteiger partial charge is 0.178 e. The van der Waals surface area contributed by atoms with Crippen LogP contribution < -0.4 is 0 Å². The first-order valence-corrected chi connectivity index (χ1v) is 5.31. The summed E-state index contributed by atoms with van der Waals surface area (Å²) in [5.74, 6) is 0.127. The first-order valence-electron chi connectivity index (χ1n) is 4.93. The third kappa shape index (κ3) is 2.57. The molecule has 1 aromatic heterocycles. The summed E-state index contributed by atoms with van der Waals surface area (Å²) in [5.41, 5.74) is 9.17. The molecule has 2 aromatic rings. The summed E-state index contributed by atoms with van der Waals surface area (Å²) in [6.07, 6.45) is -1.16. The second-order valence-corrected chi connectivity index (χ2v) is 3.87. The van der Waals surface area contributed by atoms with E-state index < -0.39 is 12.1 Å². The molecule has 9 heteroatoms. The zero-order chi connectivity index (χ0) is 13.0. The van der Waals surface area contributed by atoms with Gasteiger partial charge in [0.1, 0.15) is 6.10 Å². The number of hydrogen-bond donors (Lipinski definition) is 2. The number of aromatic amines is 1. The Hall–Kier alpha value is -2.15. The molecular formula is C9H8ClN7O. The fraction of sp³-hybridized carbons (Fsp3) is 0.222. The third-order valence-electron chi connectivity index (χ3n) is 2.33. The van der Waals surface area contributed by atoms with E-state index in [1.165, 1.54) is 0 Å². The first-order chi connectivity index (χ1) is 8.72. The fourth-order valence-electron chi connectivity index (χ4n) is 1.47. The molecule has 2 N–H and O–H groups in total. The molecule has 1 heterocycles. The van der Waals surface area contributed by atoms with Crippen molar-refractivity contribution in [2.24, 2.45) is 5.11 Å². The molecule has 0 radical (unpaired) electrons. The molecule has 0 spiro atoms. The van der Waals surface area contributed by atoms with Gasteiger partial charge >= 0.3 is 0 Å². The summed E-state index contributed by atoms with van der Waals surface area (Å²) in [6.45, 7) is 0. The van der Waals surface area contributed by atoms with Gasteiger partial charge in [0.05, 0.1) is 6.04 Å². The molecule has 0 aliphatic carbocycles. The number of halogens is 1. The van der Waals surface area contributed by atoms with E-state index in [1.54, 1.807) is 24.3 Å². The normalized spacial score (nSPS) is 13.7. The maximum absolute atomic E-state index is 10.1. The largest absolute Gasteiger partial charge is 0.384 e. The highest BCUT2D eigenvalue weighted by Gasteiger charge is 2.24. The quantitative estimate of drug-likeness (QED) is 0.498. The summed E-state index contributed by atoms with van der Waals surface area (Å²) in [5, 5.41) is 26.9. The lowest BCUT2D eigenvalue weighted by molar-refractivity contribution is 0.137. The number of nitrogens with one attached hydrogen (secondary N) is 1. The highest BCUT2D eigenvalue weighted by Crippen LogP contribution is 2.30. The molecule has 0 saturated carbocycles. The van der Waals surface area contributed by atoms with Crippen LogP contribution >= 0.6 is 11.6 Å².